The number of amides is 1. The molecule has 2 aromatic rings. The number of benzene rings is 1. The standard InChI is InChI=1S/C24H31N3O2/c1-23(2,3)20-15-21(28)27(17-25-20)16-18-9-13-26(14-10-18)22(29)24(11-12-24)19-7-5-4-6-8-19/h4-8,15,17-18H,9-14,16H2,1-3H3. The van der Waals surface area contributed by atoms with E-state index in [-0.39, 0.29) is 22.3 Å². The normalized spacial score (nSPS) is 19.2. The van der Waals surface area contributed by atoms with Crippen LogP contribution in [0.25, 0.3) is 0 Å². The van der Waals surface area contributed by atoms with Gasteiger partial charge in [-0.2, -0.15) is 0 Å². The fraction of sp³-hybridized carbons (Fsp3) is 0.542. The monoisotopic (exact) mass is 393 g/mol. The van der Waals surface area contributed by atoms with E-state index in [1.54, 1.807) is 17.0 Å². The van der Waals surface area contributed by atoms with Crippen LogP contribution in [0.2, 0.25) is 0 Å². The van der Waals surface area contributed by atoms with Gasteiger partial charge in [-0.1, -0.05) is 51.1 Å². The number of piperidine rings is 1. The Bertz CT molecular complexity index is 931. The second-order valence-corrected chi connectivity index (χ2v) is 9.70. The molecule has 1 aliphatic heterocycles. The number of rotatable bonds is 4. The molecule has 1 saturated carbocycles. The minimum atomic E-state index is -0.280. The zero-order chi connectivity index (χ0) is 20.6. The molecule has 1 aliphatic carbocycles. The summed E-state index contributed by atoms with van der Waals surface area (Å²) < 4.78 is 1.73. The minimum absolute atomic E-state index is 0.0180. The average molecular weight is 394 g/mol. The summed E-state index contributed by atoms with van der Waals surface area (Å²) in [5, 5.41) is 0. The van der Waals surface area contributed by atoms with E-state index in [4.69, 9.17) is 0 Å². The molecule has 5 nitrogen and oxygen atoms in total. The van der Waals surface area contributed by atoms with Gasteiger partial charge in [0.05, 0.1) is 17.4 Å². The van der Waals surface area contributed by atoms with Crippen LogP contribution >= 0.6 is 0 Å². The van der Waals surface area contributed by atoms with Gasteiger partial charge >= 0.3 is 0 Å². The summed E-state index contributed by atoms with van der Waals surface area (Å²) in [6, 6.07) is 11.9. The summed E-state index contributed by atoms with van der Waals surface area (Å²) in [6.07, 6.45) is 5.47. The number of hydrogen-bond donors (Lipinski definition) is 0. The summed E-state index contributed by atoms with van der Waals surface area (Å²) in [5.41, 5.74) is 1.60. The van der Waals surface area contributed by atoms with Gasteiger partial charge in [0, 0.05) is 31.1 Å². The fourth-order valence-corrected chi connectivity index (χ4v) is 4.38. The van der Waals surface area contributed by atoms with E-state index in [0.29, 0.717) is 12.5 Å². The van der Waals surface area contributed by atoms with Crippen molar-refractivity contribution in [2.24, 2.45) is 5.92 Å². The van der Waals surface area contributed by atoms with E-state index < -0.39 is 0 Å². The van der Waals surface area contributed by atoms with Crippen LogP contribution in [-0.4, -0.2) is 33.4 Å². The molecule has 0 radical (unpaired) electrons. The molecule has 0 atom stereocenters. The summed E-state index contributed by atoms with van der Waals surface area (Å²) in [6.45, 7) is 8.43. The van der Waals surface area contributed by atoms with Gasteiger partial charge in [-0.25, -0.2) is 4.98 Å². The molecule has 1 saturated heterocycles. The van der Waals surface area contributed by atoms with Gasteiger partial charge < -0.3 is 4.90 Å². The smallest absolute Gasteiger partial charge is 0.253 e. The maximum atomic E-state index is 13.2. The summed E-state index contributed by atoms with van der Waals surface area (Å²) in [7, 11) is 0. The number of carbonyl (C=O) groups excluding carboxylic acids is 1. The molecule has 0 bridgehead atoms. The lowest BCUT2D eigenvalue weighted by atomic mass is 9.91. The molecular formula is C24H31N3O2. The SMILES string of the molecule is CC(C)(C)c1cc(=O)n(CC2CCN(C(=O)C3(c4ccccc4)CC3)CC2)cn1. The van der Waals surface area contributed by atoms with Crippen molar-refractivity contribution in [1.29, 1.82) is 0 Å². The van der Waals surface area contributed by atoms with E-state index in [2.05, 4.69) is 37.9 Å². The lowest BCUT2D eigenvalue weighted by Gasteiger charge is -2.34. The highest BCUT2D eigenvalue weighted by molar-refractivity contribution is 5.91. The predicted octanol–water partition coefficient (Wildman–Crippen LogP) is 3.51. The Morgan fingerprint density at radius 1 is 1.14 bits per heavy atom. The Kier molecular flexibility index (Phi) is 5.09. The van der Waals surface area contributed by atoms with Crippen LogP contribution in [0.3, 0.4) is 0 Å². The van der Waals surface area contributed by atoms with E-state index in [1.165, 1.54) is 0 Å². The van der Waals surface area contributed by atoms with Crippen molar-refractivity contribution in [3.63, 3.8) is 0 Å². The maximum absolute atomic E-state index is 13.2. The first kappa shape index (κ1) is 19.9. The van der Waals surface area contributed by atoms with Crippen LogP contribution < -0.4 is 5.56 Å². The van der Waals surface area contributed by atoms with Crippen LogP contribution in [-0.2, 0) is 22.2 Å². The molecule has 0 spiro atoms. The molecule has 0 N–H and O–H groups in total. The summed E-state index contributed by atoms with van der Waals surface area (Å²) in [5.74, 6) is 0.696. The van der Waals surface area contributed by atoms with Crippen molar-refractivity contribution >= 4 is 5.91 Å². The highest BCUT2D eigenvalue weighted by Crippen LogP contribution is 2.49. The van der Waals surface area contributed by atoms with Crippen LogP contribution in [0, 0.1) is 5.92 Å². The number of carbonyl (C=O) groups is 1. The minimum Gasteiger partial charge on any atom is -0.342 e. The molecule has 0 unspecified atom stereocenters. The van der Waals surface area contributed by atoms with Gasteiger partial charge in [0.25, 0.3) is 5.56 Å². The molecule has 1 amide bonds. The lowest BCUT2D eigenvalue weighted by Crippen LogP contribution is -2.44. The van der Waals surface area contributed by atoms with Crippen LogP contribution in [0.1, 0.15) is 57.7 Å². The lowest BCUT2D eigenvalue weighted by molar-refractivity contribution is -0.135. The molecule has 1 aromatic heterocycles. The Balaban J connectivity index is 1.37. The zero-order valence-electron chi connectivity index (χ0n) is 17.7. The Hall–Kier alpha value is -2.43. The Labute approximate surface area is 172 Å². The van der Waals surface area contributed by atoms with Crippen molar-refractivity contribution in [3.05, 3.63) is 64.3 Å². The first-order valence-corrected chi connectivity index (χ1v) is 10.7. The fourth-order valence-electron chi connectivity index (χ4n) is 4.38. The Morgan fingerprint density at radius 2 is 1.79 bits per heavy atom. The van der Waals surface area contributed by atoms with Gasteiger partial charge in [0.15, 0.2) is 0 Å². The molecule has 2 heterocycles. The first-order valence-electron chi connectivity index (χ1n) is 10.7. The molecular weight excluding hydrogens is 362 g/mol. The predicted molar refractivity (Wildman–Crippen MR) is 114 cm³/mol. The van der Waals surface area contributed by atoms with Gasteiger partial charge in [-0.3, -0.25) is 14.2 Å². The third kappa shape index (κ3) is 4.00. The van der Waals surface area contributed by atoms with E-state index in [0.717, 1.165) is 50.0 Å². The number of hydrogen-bond acceptors (Lipinski definition) is 3. The molecule has 2 aliphatic rings. The van der Waals surface area contributed by atoms with Crippen LogP contribution in [0.4, 0.5) is 0 Å². The van der Waals surface area contributed by atoms with E-state index in [9.17, 15) is 9.59 Å². The number of aromatic nitrogens is 2. The van der Waals surface area contributed by atoms with Crippen molar-refractivity contribution in [1.82, 2.24) is 14.5 Å². The molecule has 5 heteroatoms. The molecule has 154 valence electrons. The number of nitrogens with zero attached hydrogens (tertiary/aromatic N) is 3. The molecule has 1 aromatic carbocycles. The zero-order valence-corrected chi connectivity index (χ0v) is 17.7. The van der Waals surface area contributed by atoms with Crippen molar-refractivity contribution in [2.45, 2.75) is 63.8 Å². The molecule has 29 heavy (non-hydrogen) atoms. The second kappa shape index (κ2) is 7.43. The van der Waals surface area contributed by atoms with E-state index >= 15 is 0 Å². The Morgan fingerprint density at radius 3 is 2.34 bits per heavy atom. The molecule has 4 rings (SSSR count). The van der Waals surface area contributed by atoms with Gasteiger partial charge in [0.1, 0.15) is 0 Å². The summed E-state index contributed by atoms with van der Waals surface area (Å²) in [4.78, 5) is 32.2. The van der Waals surface area contributed by atoms with Gasteiger partial charge in [-0.15, -0.1) is 0 Å². The third-order valence-corrected chi connectivity index (χ3v) is 6.49. The molecule has 2 fully saturated rings. The van der Waals surface area contributed by atoms with Gasteiger partial charge in [0.2, 0.25) is 5.91 Å². The second-order valence-electron chi connectivity index (χ2n) is 9.70. The number of likely N-dealkylation sites (tertiary alicyclic amines) is 1. The average Bonchev–Trinajstić information content (AvgIpc) is 3.51. The largest absolute Gasteiger partial charge is 0.342 e. The third-order valence-electron chi connectivity index (χ3n) is 6.49. The van der Waals surface area contributed by atoms with Crippen molar-refractivity contribution in [2.75, 3.05) is 13.1 Å². The van der Waals surface area contributed by atoms with Gasteiger partial charge in [-0.05, 0) is 37.2 Å². The highest BCUT2D eigenvalue weighted by Gasteiger charge is 2.53. The topological polar surface area (TPSA) is 55.2 Å². The first-order chi connectivity index (χ1) is 13.8. The summed E-state index contributed by atoms with van der Waals surface area (Å²) >= 11 is 0. The quantitative estimate of drug-likeness (QED) is 0.799. The van der Waals surface area contributed by atoms with Crippen molar-refractivity contribution in [3.8, 4) is 0 Å². The highest BCUT2D eigenvalue weighted by atomic mass is 16.2. The van der Waals surface area contributed by atoms with E-state index in [1.807, 2.05) is 23.1 Å². The van der Waals surface area contributed by atoms with Crippen molar-refractivity contribution < 1.29 is 4.79 Å². The maximum Gasteiger partial charge on any atom is 0.253 e. The van der Waals surface area contributed by atoms with Crippen LogP contribution in [0.5, 0.6) is 0 Å². The van der Waals surface area contributed by atoms with Crippen LogP contribution in [0.15, 0.2) is 47.5 Å².